The Morgan fingerprint density at radius 1 is 1.30 bits per heavy atom. The minimum Gasteiger partial charge on any atom is -0.497 e. The average molecular weight is 334 g/mol. The van der Waals surface area contributed by atoms with Crippen molar-refractivity contribution in [1.82, 2.24) is 4.90 Å². The highest BCUT2D eigenvalue weighted by Crippen LogP contribution is 2.23. The highest BCUT2D eigenvalue weighted by Gasteiger charge is 2.20. The van der Waals surface area contributed by atoms with Crippen molar-refractivity contribution < 1.29 is 13.9 Å². The second-order valence-corrected chi connectivity index (χ2v) is 5.43. The van der Waals surface area contributed by atoms with E-state index >= 15 is 0 Å². The third-order valence-corrected chi connectivity index (χ3v) is 3.88. The molecule has 0 saturated carbocycles. The second kappa shape index (κ2) is 8.55. The molecule has 0 aliphatic heterocycles. The topological polar surface area (TPSA) is 46.9 Å². The summed E-state index contributed by atoms with van der Waals surface area (Å²) in [5.41, 5.74) is 0.878. The number of hydrogen-bond acceptors (Lipinski definition) is 4. The smallest absolute Gasteiger partial charge is 0.174 e. The van der Waals surface area contributed by atoms with Crippen molar-refractivity contribution in [3.05, 3.63) is 48.4 Å². The van der Waals surface area contributed by atoms with Gasteiger partial charge in [0.15, 0.2) is 5.11 Å². The minimum absolute atomic E-state index is 0.00533. The van der Waals surface area contributed by atoms with Crippen LogP contribution in [0.1, 0.15) is 18.7 Å². The van der Waals surface area contributed by atoms with Gasteiger partial charge in [-0.3, -0.25) is 0 Å². The lowest BCUT2D eigenvalue weighted by Gasteiger charge is -2.30. The van der Waals surface area contributed by atoms with Gasteiger partial charge in [0.05, 0.1) is 26.0 Å². The molecular weight excluding hydrogens is 312 g/mol. The zero-order chi connectivity index (χ0) is 16.7. The third-order valence-electron chi connectivity index (χ3n) is 3.54. The van der Waals surface area contributed by atoms with Gasteiger partial charge in [0.25, 0.3) is 0 Å². The van der Waals surface area contributed by atoms with Gasteiger partial charge < -0.3 is 24.1 Å². The summed E-state index contributed by atoms with van der Waals surface area (Å²) in [6, 6.07) is 11.5. The van der Waals surface area contributed by atoms with Crippen LogP contribution in [0.5, 0.6) is 5.75 Å². The van der Waals surface area contributed by atoms with Crippen LogP contribution >= 0.6 is 12.2 Å². The first-order valence-electron chi connectivity index (χ1n) is 7.39. The molecule has 5 nitrogen and oxygen atoms in total. The fourth-order valence-electron chi connectivity index (χ4n) is 2.24. The normalized spacial score (nSPS) is 11.8. The number of ether oxygens (including phenoxy) is 2. The Morgan fingerprint density at radius 3 is 2.78 bits per heavy atom. The van der Waals surface area contributed by atoms with Gasteiger partial charge in [0.2, 0.25) is 0 Å². The van der Waals surface area contributed by atoms with Crippen molar-refractivity contribution in [2.75, 3.05) is 32.7 Å². The van der Waals surface area contributed by atoms with E-state index in [4.69, 9.17) is 26.1 Å². The standard InChI is InChI=1S/C17H22N2O3S/c1-13(16-8-5-10-22-16)19(9-11-20-2)17(23)18-14-6-4-7-15(12-14)21-3/h4-8,10,12-13H,9,11H2,1-3H3,(H,18,23). The van der Waals surface area contributed by atoms with Gasteiger partial charge in [-0.2, -0.15) is 0 Å². The molecule has 0 saturated heterocycles. The average Bonchev–Trinajstić information content (AvgIpc) is 3.09. The van der Waals surface area contributed by atoms with E-state index in [0.717, 1.165) is 17.2 Å². The van der Waals surface area contributed by atoms with Gasteiger partial charge in [-0.25, -0.2) is 0 Å². The third kappa shape index (κ3) is 4.71. The lowest BCUT2D eigenvalue weighted by Crippen LogP contribution is -2.38. The Bertz CT molecular complexity index is 616. The largest absolute Gasteiger partial charge is 0.497 e. The summed E-state index contributed by atoms with van der Waals surface area (Å²) in [5.74, 6) is 1.64. The summed E-state index contributed by atoms with van der Waals surface area (Å²) < 4.78 is 15.9. The summed E-state index contributed by atoms with van der Waals surface area (Å²) >= 11 is 5.58. The molecule has 0 spiro atoms. The molecule has 0 bridgehead atoms. The number of rotatable bonds is 7. The number of thiocarbonyl (C=S) groups is 1. The summed E-state index contributed by atoms with van der Waals surface area (Å²) in [4.78, 5) is 2.04. The molecule has 1 N–H and O–H groups in total. The van der Waals surface area contributed by atoms with Crippen molar-refractivity contribution >= 4 is 23.0 Å². The maximum Gasteiger partial charge on any atom is 0.174 e. The summed E-state index contributed by atoms with van der Waals surface area (Å²) in [7, 11) is 3.32. The fourth-order valence-corrected chi connectivity index (χ4v) is 2.61. The lowest BCUT2D eigenvalue weighted by molar-refractivity contribution is 0.160. The van der Waals surface area contributed by atoms with Crippen molar-refractivity contribution in [1.29, 1.82) is 0 Å². The molecule has 0 radical (unpaired) electrons. The molecular formula is C17H22N2O3S. The molecule has 23 heavy (non-hydrogen) atoms. The first-order chi connectivity index (χ1) is 11.2. The van der Waals surface area contributed by atoms with E-state index in [1.165, 1.54) is 0 Å². The molecule has 0 amide bonds. The first-order valence-corrected chi connectivity index (χ1v) is 7.80. The predicted molar refractivity (Wildman–Crippen MR) is 94.9 cm³/mol. The molecule has 1 aromatic heterocycles. The van der Waals surface area contributed by atoms with Crippen LogP contribution in [0.4, 0.5) is 5.69 Å². The van der Waals surface area contributed by atoms with Gasteiger partial charge >= 0.3 is 0 Å². The van der Waals surface area contributed by atoms with Gasteiger partial charge in [-0.1, -0.05) is 6.07 Å². The molecule has 0 fully saturated rings. The van der Waals surface area contributed by atoms with Gasteiger partial charge in [0, 0.05) is 25.4 Å². The van der Waals surface area contributed by atoms with Crippen molar-refractivity contribution in [3.8, 4) is 5.75 Å². The molecule has 1 aromatic carbocycles. The Morgan fingerprint density at radius 2 is 2.13 bits per heavy atom. The summed E-state index contributed by atoms with van der Waals surface area (Å²) in [6.07, 6.45) is 1.67. The SMILES string of the molecule is COCCN(C(=S)Nc1cccc(OC)c1)C(C)c1ccco1. The molecule has 2 aromatic rings. The minimum atomic E-state index is 0.00533. The van der Waals surface area contributed by atoms with Gasteiger partial charge in [0.1, 0.15) is 11.5 Å². The molecule has 0 aliphatic carbocycles. The van der Waals surface area contributed by atoms with Crippen LogP contribution in [-0.2, 0) is 4.74 Å². The van der Waals surface area contributed by atoms with Crippen LogP contribution in [0, 0.1) is 0 Å². The second-order valence-electron chi connectivity index (χ2n) is 5.04. The van der Waals surface area contributed by atoms with E-state index in [0.29, 0.717) is 18.3 Å². The van der Waals surface area contributed by atoms with Gasteiger partial charge in [-0.15, -0.1) is 0 Å². The monoisotopic (exact) mass is 334 g/mol. The van der Waals surface area contributed by atoms with Crippen LogP contribution in [-0.4, -0.2) is 37.4 Å². The van der Waals surface area contributed by atoms with E-state index in [2.05, 4.69) is 5.32 Å². The first kappa shape index (κ1) is 17.3. The van der Waals surface area contributed by atoms with E-state index in [9.17, 15) is 0 Å². The van der Waals surface area contributed by atoms with E-state index in [-0.39, 0.29) is 6.04 Å². The number of nitrogens with zero attached hydrogens (tertiary/aromatic N) is 1. The zero-order valence-electron chi connectivity index (χ0n) is 13.6. The highest BCUT2D eigenvalue weighted by molar-refractivity contribution is 7.80. The maximum atomic E-state index is 5.58. The van der Waals surface area contributed by atoms with Crippen LogP contribution in [0.2, 0.25) is 0 Å². The number of furan rings is 1. The van der Waals surface area contributed by atoms with Crippen LogP contribution in [0.15, 0.2) is 47.1 Å². The molecule has 6 heteroatoms. The Hall–Kier alpha value is -2.05. The molecule has 124 valence electrons. The molecule has 0 aliphatic rings. The number of hydrogen-bond donors (Lipinski definition) is 1. The number of nitrogens with one attached hydrogen (secondary N) is 1. The molecule has 1 atom stereocenters. The Kier molecular flexibility index (Phi) is 6.43. The zero-order valence-corrected chi connectivity index (χ0v) is 14.4. The van der Waals surface area contributed by atoms with E-state index < -0.39 is 0 Å². The van der Waals surface area contributed by atoms with Crippen LogP contribution < -0.4 is 10.1 Å². The summed E-state index contributed by atoms with van der Waals surface area (Å²) in [6.45, 7) is 3.28. The number of methoxy groups -OCH3 is 2. The maximum absolute atomic E-state index is 5.58. The molecule has 2 rings (SSSR count). The predicted octanol–water partition coefficient (Wildman–Crippen LogP) is 3.69. The fraction of sp³-hybridized carbons (Fsp3) is 0.353. The van der Waals surface area contributed by atoms with Gasteiger partial charge in [-0.05, 0) is 43.4 Å². The number of benzene rings is 1. The van der Waals surface area contributed by atoms with E-state index in [1.54, 1.807) is 20.5 Å². The van der Waals surface area contributed by atoms with Crippen molar-refractivity contribution in [3.63, 3.8) is 0 Å². The number of anilines is 1. The highest BCUT2D eigenvalue weighted by atomic mass is 32.1. The van der Waals surface area contributed by atoms with Crippen LogP contribution in [0.25, 0.3) is 0 Å². The lowest BCUT2D eigenvalue weighted by atomic mass is 10.2. The molecule has 1 unspecified atom stereocenters. The van der Waals surface area contributed by atoms with Crippen LogP contribution in [0.3, 0.4) is 0 Å². The summed E-state index contributed by atoms with van der Waals surface area (Å²) in [5, 5.41) is 3.86. The molecule has 1 heterocycles. The van der Waals surface area contributed by atoms with E-state index in [1.807, 2.05) is 48.2 Å². The quantitative estimate of drug-likeness (QED) is 0.779. The van der Waals surface area contributed by atoms with Crippen molar-refractivity contribution in [2.45, 2.75) is 13.0 Å². The van der Waals surface area contributed by atoms with Crippen molar-refractivity contribution in [2.24, 2.45) is 0 Å². The Balaban J connectivity index is 2.12. The Labute approximate surface area is 142 Å².